The number of ether oxygens (including phenoxy) is 1. The van der Waals surface area contributed by atoms with E-state index in [0.29, 0.717) is 23.4 Å². The van der Waals surface area contributed by atoms with Gasteiger partial charge < -0.3 is 19.6 Å². The second-order valence-corrected chi connectivity index (χ2v) is 14.4. The number of carbonyl (C=O) groups is 1. The number of fused-ring (bicyclic) bond motifs is 1. The molecule has 2 aromatic rings. The van der Waals surface area contributed by atoms with Gasteiger partial charge >= 0.3 is 0 Å². The number of nitrogens with one attached hydrogen (secondary N) is 1. The number of rotatable bonds is 6. The molecule has 1 aliphatic heterocycles. The summed E-state index contributed by atoms with van der Waals surface area (Å²) in [5.41, 5.74) is 1.07. The van der Waals surface area contributed by atoms with Gasteiger partial charge in [-0.25, -0.2) is 15.0 Å². The monoisotopic (exact) mass is 435 g/mol. The second-order valence-electron chi connectivity index (χ2n) is 9.65. The van der Waals surface area contributed by atoms with Crippen molar-refractivity contribution in [3.63, 3.8) is 0 Å². The van der Waals surface area contributed by atoms with Gasteiger partial charge in [0.2, 0.25) is 5.91 Å². The number of anilines is 1. The van der Waals surface area contributed by atoms with Crippen LogP contribution in [0.3, 0.4) is 0 Å². The summed E-state index contributed by atoms with van der Waals surface area (Å²) in [4.78, 5) is 25.0. The van der Waals surface area contributed by atoms with E-state index in [1.54, 1.807) is 6.33 Å². The first-order valence-electron chi connectivity index (χ1n) is 10.4. The van der Waals surface area contributed by atoms with Crippen molar-refractivity contribution in [1.82, 2.24) is 19.5 Å². The van der Waals surface area contributed by atoms with Crippen molar-refractivity contribution in [3.05, 3.63) is 12.7 Å². The third kappa shape index (κ3) is 4.41. The standard InChI is InChI=1S/C20H33N5O4Si/c1-12(2)19(27)24-17-16-18(22-10-21-17)25(11-23-16)15-8-13(14(9-26)28-15)29-30(6,7)20(3,4)5/h10-15,26H,8-9H2,1-7H3,(H,21,22,24,27)/t13-,14+,15+/m0/s1. The first kappa shape index (κ1) is 22.8. The Kier molecular flexibility index (Phi) is 6.33. The van der Waals surface area contributed by atoms with Gasteiger partial charge in [0.1, 0.15) is 18.7 Å². The van der Waals surface area contributed by atoms with Crippen LogP contribution in [0.1, 0.15) is 47.3 Å². The van der Waals surface area contributed by atoms with Gasteiger partial charge in [0.25, 0.3) is 0 Å². The first-order chi connectivity index (χ1) is 13.9. The summed E-state index contributed by atoms with van der Waals surface area (Å²) in [5.74, 6) is 0.0712. The Morgan fingerprint density at radius 3 is 2.67 bits per heavy atom. The highest BCUT2D eigenvalue weighted by atomic mass is 28.4. The summed E-state index contributed by atoms with van der Waals surface area (Å²) < 4.78 is 14.5. The Hall–Kier alpha value is -1.88. The molecule has 10 heteroatoms. The zero-order valence-electron chi connectivity index (χ0n) is 18.8. The molecule has 1 aliphatic rings. The van der Waals surface area contributed by atoms with E-state index in [2.05, 4.69) is 54.1 Å². The first-order valence-corrected chi connectivity index (χ1v) is 13.3. The summed E-state index contributed by atoms with van der Waals surface area (Å²) in [7, 11) is -2.02. The summed E-state index contributed by atoms with van der Waals surface area (Å²) in [6.45, 7) is 14.5. The van der Waals surface area contributed by atoms with Crippen LogP contribution in [0.4, 0.5) is 5.82 Å². The maximum Gasteiger partial charge on any atom is 0.228 e. The number of amides is 1. The van der Waals surface area contributed by atoms with Crippen molar-refractivity contribution in [2.75, 3.05) is 11.9 Å². The van der Waals surface area contributed by atoms with Crippen LogP contribution in [0.25, 0.3) is 11.2 Å². The highest BCUT2D eigenvalue weighted by molar-refractivity contribution is 6.74. The topological polar surface area (TPSA) is 111 Å². The lowest BCUT2D eigenvalue weighted by atomic mass is 10.2. The zero-order valence-corrected chi connectivity index (χ0v) is 19.8. The number of aliphatic hydroxyl groups excluding tert-OH is 1. The van der Waals surface area contributed by atoms with Crippen molar-refractivity contribution in [3.8, 4) is 0 Å². The van der Waals surface area contributed by atoms with Gasteiger partial charge in [-0.2, -0.15) is 0 Å². The van der Waals surface area contributed by atoms with E-state index >= 15 is 0 Å². The van der Waals surface area contributed by atoms with Gasteiger partial charge in [-0.1, -0.05) is 34.6 Å². The number of carbonyl (C=O) groups excluding carboxylic acids is 1. The van der Waals surface area contributed by atoms with Crippen LogP contribution in [0.2, 0.25) is 18.1 Å². The molecule has 0 unspecified atom stereocenters. The molecule has 0 spiro atoms. The van der Waals surface area contributed by atoms with E-state index < -0.39 is 14.4 Å². The fourth-order valence-electron chi connectivity index (χ4n) is 3.13. The van der Waals surface area contributed by atoms with Crippen molar-refractivity contribution in [2.24, 2.45) is 5.92 Å². The number of nitrogens with zero attached hydrogens (tertiary/aromatic N) is 4. The lowest BCUT2D eigenvalue weighted by Crippen LogP contribution is -2.46. The summed E-state index contributed by atoms with van der Waals surface area (Å²) in [6.07, 6.45) is 2.63. The minimum atomic E-state index is -2.02. The SMILES string of the molecule is CC(C)C(=O)Nc1ncnc2c1ncn2[C@H]1C[C@H](O[Si](C)(C)C(C)(C)C)[C@@H](CO)O1. The maximum absolute atomic E-state index is 12.1. The molecular formula is C20H33N5O4Si. The Bertz CT molecular complexity index is 908. The number of imidazole rings is 1. The Labute approximate surface area is 178 Å². The lowest BCUT2D eigenvalue weighted by molar-refractivity contribution is -0.118. The molecule has 0 bridgehead atoms. The van der Waals surface area contributed by atoms with Crippen molar-refractivity contribution >= 4 is 31.2 Å². The van der Waals surface area contributed by atoms with Gasteiger partial charge in [-0.15, -0.1) is 0 Å². The van der Waals surface area contributed by atoms with Crippen LogP contribution >= 0.6 is 0 Å². The molecule has 3 rings (SSSR count). The third-order valence-electron chi connectivity index (χ3n) is 6.05. The van der Waals surface area contributed by atoms with E-state index in [1.165, 1.54) is 6.33 Å². The number of aliphatic hydroxyl groups is 1. The zero-order chi connectivity index (χ0) is 22.3. The van der Waals surface area contributed by atoms with Crippen LogP contribution in [-0.4, -0.2) is 57.7 Å². The molecule has 1 amide bonds. The Morgan fingerprint density at radius 2 is 2.07 bits per heavy atom. The van der Waals surface area contributed by atoms with Crippen molar-refractivity contribution in [2.45, 2.75) is 77.6 Å². The molecule has 0 saturated carbocycles. The molecule has 2 aromatic heterocycles. The number of aromatic nitrogens is 4. The van der Waals surface area contributed by atoms with E-state index in [1.807, 2.05) is 18.4 Å². The fourth-order valence-corrected chi connectivity index (χ4v) is 4.49. The smallest absolute Gasteiger partial charge is 0.228 e. The molecule has 30 heavy (non-hydrogen) atoms. The average molecular weight is 436 g/mol. The average Bonchev–Trinajstić information content (AvgIpc) is 3.24. The van der Waals surface area contributed by atoms with Gasteiger partial charge in [0.05, 0.1) is 19.0 Å². The normalized spacial score (nSPS) is 22.8. The molecule has 2 N–H and O–H groups in total. The number of hydrogen-bond donors (Lipinski definition) is 2. The highest BCUT2D eigenvalue weighted by Crippen LogP contribution is 2.41. The van der Waals surface area contributed by atoms with Crippen molar-refractivity contribution < 1.29 is 19.1 Å². The quantitative estimate of drug-likeness (QED) is 0.671. The largest absolute Gasteiger partial charge is 0.411 e. The molecule has 1 saturated heterocycles. The molecule has 0 radical (unpaired) electrons. The highest BCUT2D eigenvalue weighted by Gasteiger charge is 2.45. The van der Waals surface area contributed by atoms with Crippen LogP contribution in [0.5, 0.6) is 0 Å². The van der Waals surface area contributed by atoms with E-state index in [-0.39, 0.29) is 35.8 Å². The summed E-state index contributed by atoms with van der Waals surface area (Å²) >= 11 is 0. The molecule has 0 aliphatic carbocycles. The fraction of sp³-hybridized carbons (Fsp3) is 0.700. The minimum Gasteiger partial charge on any atom is -0.411 e. The molecule has 9 nitrogen and oxygen atoms in total. The van der Waals surface area contributed by atoms with Crippen molar-refractivity contribution in [1.29, 1.82) is 0 Å². The van der Waals surface area contributed by atoms with Crippen LogP contribution in [0.15, 0.2) is 12.7 Å². The predicted octanol–water partition coefficient (Wildman–Crippen LogP) is 3.09. The van der Waals surface area contributed by atoms with Gasteiger partial charge in [-0.05, 0) is 18.1 Å². The Balaban J connectivity index is 1.85. The predicted molar refractivity (Wildman–Crippen MR) is 116 cm³/mol. The minimum absolute atomic E-state index is 0.0591. The lowest BCUT2D eigenvalue weighted by Gasteiger charge is -2.39. The van der Waals surface area contributed by atoms with Crippen LogP contribution in [0, 0.1) is 5.92 Å². The van der Waals surface area contributed by atoms with Crippen LogP contribution in [-0.2, 0) is 14.0 Å². The van der Waals surface area contributed by atoms with E-state index in [0.717, 1.165) is 0 Å². The van der Waals surface area contributed by atoms with Gasteiger partial charge in [-0.3, -0.25) is 9.36 Å². The molecule has 0 aromatic carbocycles. The summed E-state index contributed by atoms with van der Waals surface area (Å²) in [6, 6.07) is 0. The molecular weight excluding hydrogens is 402 g/mol. The van der Waals surface area contributed by atoms with E-state index in [9.17, 15) is 9.90 Å². The molecule has 3 atom stereocenters. The second kappa shape index (κ2) is 8.33. The number of hydrogen-bond acceptors (Lipinski definition) is 7. The van der Waals surface area contributed by atoms with Crippen LogP contribution < -0.4 is 5.32 Å². The van der Waals surface area contributed by atoms with E-state index in [4.69, 9.17) is 9.16 Å². The third-order valence-corrected chi connectivity index (χ3v) is 10.6. The summed E-state index contributed by atoms with van der Waals surface area (Å²) in [5, 5.41) is 12.7. The molecule has 1 fully saturated rings. The van der Waals surface area contributed by atoms with Gasteiger partial charge in [0.15, 0.2) is 25.3 Å². The van der Waals surface area contributed by atoms with Gasteiger partial charge in [0, 0.05) is 12.3 Å². The molecule has 166 valence electrons. The molecule has 3 heterocycles. The Morgan fingerprint density at radius 1 is 1.37 bits per heavy atom. The maximum atomic E-state index is 12.1.